The van der Waals surface area contributed by atoms with Gasteiger partial charge in [0.05, 0.1) is 16.6 Å². The molecule has 0 aliphatic heterocycles. The van der Waals surface area contributed by atoms with E-state index in [9.17, 15) is 9.18 Å². The quantitative estimate of drug-likeness (QED) is 0.458. The number of nitrogens with one attached hydrogen (secondary N) is 2. The Balaban J connectivity index is 1.44. The standard InChI is InChI=1S/C23H20FN3O2S/c24-15-8-2-5-11-18(15)29-13-20(28)27-23-21(14-7-1-6-12-19(14)30-23)22-25-16-9-3-4-10-17(16)26-22/h2-5,8-11H,1,6-7,12-13H2,(H,25,26)(H,27,28). The summed E-state index contributed by atoms with van der Waals surface area (Å²) in [5, 5.41) is 3.74. The Morgan fingerprint density at radius 2 is 1.93 bits per heavy atom. The highest BCUT2D eigenvalue weighted by molar-refractivity contribution is 7.17. The predicted molar refractivity (Wildman–Crippen MR) is 117 cm³/mol. The summed E-state index contributed by atoms with van der Waals surface area (Å²) in [6.45, 7) is -0.261. The number of imidazole rings is 1. The van der Waals surface area contributed by atoms with Crippen LogP contribution in [-0.4, -0.2) is 22.5 Å². The summed E-state index contributed by atoms with van der Waals surface area (Å²) in [5.41, 5.74) is 4.08. The Bertz CT molecular complexity index is 1200. The van der Waals surface area contributed by atoms with Gasteiger partial charge in [0.15, 0.2) is 18.2 Å². The molecule has 152 valence electrons. The minimum absolute atomic E-state index is 0.0654. The van der Waals surface area contributed by atoms with E-state index in [0.717, 1.165) is 53.1 Å². The molecule has 0 spiro atoms. The van der Waals surface area contributed by atoms with Crippen molar-refractivity contribution < 1.29 is 13.9 Å². The van der Waals surface area contributed by atoms with E-state index in [-0.39, 0.29) is 18.3 Å². The van der Waals surface area contributed by atoms with Crippen LogP contribution in [0.4, 0.5) is 9.39 Å². The minimum atomic E-state index is -0.486. The molecule has 0 fully saturated rings. The Kier molecular flexibility index (Phi) is 4.96. The number of aromatic amines is 1. The number of hydrogen-bond acceptors (Lipinski definition) is 4. The first-order valence-corrected chi connectivity index (χ1v) is 10.8. The van der Waals surface area contributed by atoms with Crippen molar-refractivity contribution in [3.05, 3.63) is 64.8 Å². The largest absolute Gasteiger partial charge is 0.481 e. The number of rotatable bonds is 5. The lowest BCUT2D eigenvalue weighted by Crippen LogP contribution is -2.20. The number of halogens is 1. The number of hydrogen-bond donors (Lipinski definition) is 2. The first-order chi connectivity index (χ1) is 14.7. The maximum atomic E-state index is 13.7. The van der Waals surface area contributed by atoms with Crippen LogP contribution in [0, 0.1) is 5.82 Å². The Morgan fingerprint density at radius 1 is 1.13 bits per heavy atom. The topological polar surface area (TPSA) is 67.0 Å². The first kappa shape index (κ1) is 18.8. The number of amides is 1. The smallest absolute Gasteiger partial charge is 0.262 e. The molecule has 2 aromatic carbocycles. The first-order valence-electron chi connectivity index (χ1n) is 9.96. The van der Waals surface area contributed by atoms with Crippen molar-refractivity contribution in [1.82, 2.24) is 9.97 Å². The number of para-hydroxylation sites is 3. The third-order valence-corrected chi connectivity index (χ3v) is 6.45. The van der Waals surface area contributed by atoms with Gasteiger partial charge in [-0.1, -0.05) is 24.3 Å². The third-order valence-electron chi connectivity index (χ3n) is 5.25. The SMILES string of the molecule is O=C(COc1ccccc1F)Nc1sc2c(c1-c1nc3ccccc3[nH]1)CCCC2. The van der Waals surface area contributed by atoms with Gasteiger partial charge in [-0.2, -0.15) is 0 Å². The van der Waals surface area contributed by atoms with Gasteiger partial charge in [-0.3, -0.25) is 4.79 Å². The van der Waals surface area contributed by atoms with E-state index in [1.54, 1.807) is 23.5 Å². The van der Waals surface area contributed by atoms with Crippen molar-refractivity contribution in [2.75, 3.05) is 11.9 Å². The molecule has 1 aliphatic rings. The summed E-state index contributed by atoms with van der Waals surface area (Å²) in [6, 6.07) is 13.9. The highest BCUT2D eigenvalue weighted by atomic mass is 32.1. The van der Waals surface area contributed by atoms with Gasteiger partial charge in [-0.05, 0) is 55.5 Å². The molecule has 1 amide bonds. The summed E-state index contributed by atoms with van der Waals surface area (Å²) in [6.07, 6.45) is 4.26. The fraction of sp³-hybridized carbons (Fsp3) is 0.217. The van der Waals surface area contributed by atoms with E-state index in [0.29, 0.717) is 0 Å². The van der Waals surface area contributed by atoms with Gasteiger partial charge >= 0.3 is 0 Å². The van der Waals surface area contributed by atoms with E-state index < -0.39 is 5.82 Å². The number of carbonyl (C=O) groups is 1. The molecular formula is C23H20FN3O2S. The van der Waals surface area contributed by atoms with E-state index >= 15 is 0 Å². The zero-order valence-electron chi connectivity index (χ0n) is 16.2. The number of H-pyrrole nitrogens is 1. The molecule has 2 aromatic heterocycles. The lowest BCUT2D eigenvalue weighted by Gasteiger charge is -2.12. The van der Waals surface area contributed by atoms with Crippen LogP contribution in [0.1, 0.15) is 23.3 Å². The molecule has 0 radical (unpaired) electrons. The average molecular weight is 421 g/mol. The predicted octanol–water partition coefficient (Wildman–Crippen LogP) is 5.33. The molecule has 5 nitrogen and oxygen atoms in total. The molecule has 5 rings (SSSR count). The second-order valence-electron chi connectivity index (χ2n) is 7.28. The number of anilines is 1. The molecule has 7 heteroatoms. The lowest BCUT2D eigenvalue weighted by atomic mass is 9.95. The average Bonchev–Trinajstić information content (AvgIpc) is 3.33. The van der Waals surface area contributed by atoms with Gasteiger partial charge in [0.25, 0.3) is 5.91 Å². The number of fused-ring (bicyclic) bond motifs is 2. The number of aromatic nitrogens is 2. The monoisotopic (exact) mass is 421 g/mol. The van der Waals surface area contributed by atoms with Gasteiger partial charge in [-0.15, -0.1) is 11.3 Å². The van der Waals surface area contributed by atoms with Crippen LogP contribution < -0.4 is 10.1 Å². The van der Waals surface area contributed by atoms with Crippen LogP contribution in [0.3, 0.4) is 0 Å². The second-order valence-corrected chi connectivity index (χ2v) is 8.39. The van der Waals surface area contributed by atoms with Gasteiger partial charge in [0, 0.05) is 4.88 Å². The van der Waals surface area contributed by atoms with E-state index in [2.05, 4.69) is 10.3 Å². The zero-order chi connectivity index (χ0) is 20.5. The summed E-state index contributed by atoms with van der Waals surface area (Å²) in [5.74, 6) is 0.0191. The highest BCUT2D eigenvalue weighted by Crippen LogP contribution is 2.43. The van der Waals surface area contributed by atoms with Gasteiger partial charge in [0.1, 0.15) is 10.8 Å². The van der Waals surface area contributed by atoms with Gasteiger partial charge < -0.3 is 15.0 Å². The highest BCUT2D eigenvalue weighted by Gasteiger charge is 2.25. The number of nitrogens with zero attached hydrogens (tertiary/aromatic N) is 1. The van der Waals surface area contributed by atoms with Crippen molar-refractivity contribution in [3.63, 3.8) is 0 Å². The number of benzene rings is 2. The number of ether oxygens (including phenoxy) is 1. The molecule has 1 aliphatic carbocycles. The summed E-state index contributed by atoms with van der Waals surface area (Å²) >= 11 is 1.60. The van der Waals surface area contributed by atoms with Crippen LogP contribution in [-0.2, 0) is 17.6 Å². The minimum Gasteiger partial charge on any atom is -0.481 e. The van der Waals surface area contributed by atoms with Crippen molar-refractivity contribution in [1.29, 1.82) is 0 Å². The maximum absolute atomic E-state index is 13.7. The molecule has 0 saturated heterocycles. The maximum Gasteiger partial charge on any atom is 0.262 e. The van der Waals surface area contributed by atoms with E-state index in [1.165, 1.54) is 22.6 Å². The Labute approximate surface area is 176 Å². The number of aryl methyl sites for hydroxylation is 1. The van der Waals surface area contributed by atoms with Gasteiger partial charge in [0.2, 0.25) is 0 Å². The van der Waals surface area contributed by atoms with Crippen molar-refractivity contribution in [3.8, 4) is 17.1 Å². The van der Waals surface area contributed by atoms with E-state index in [1.807, 2.05) is 24.3 Å². The molecule has 2 heterocycles. The molecule has 30 heavy (non-hydrogen) atoms. The fourth-order valence-electron chi connectivity index (χ4n) is 3.84. The Morgan fingerprint density at radius 3 is 2.80 bits per heavy atom. The molecule has 0 bridgehead atoms. The van der Waals surface area contributed by atoms with Crippen molar-refractivity contribution >= 4 is 33.3 Å². The molecule has 0 atom stereocenters. The number of thiophene rings is 1. The summed E-state index contributed by atoms with van der Waals surface area (Å²) in [7, 11) is 0. The van der Waals surface area contributed by atoms with Crippen LogP contribution >= 0.6 is 11.3 Å². The molecule has 2 N–H and O–H groups in total. The lowest BCUT2D eigenvalue weighted by molar-refractivity contribution is -0.118. The van der Waals surface area contributed by atoms with Crippen LogP contribution in [0.2, 0.25) is 0 Å². The number of carbonyl (C=O) groups excluding carboxylic acids is 1. The Hall–Kier alpha value is -3.19. The molecule has 0 saturated carbocycles. The van der Waals surface area contributed by atoms with Crippen LogP contribution in [0.5, 0.6) is 5.75 Å². The second kappa shape index (κ2) is 7.91. The third kappa shape index (κ3) is 3.57. The summed E-state index contributed by atoms with van der Waals surface area (Å²) in [4.78, 5) is 22.0. The van der Waals surface area contributed by atoms with Crippen LogP contribution in [0.15, 0.2) is 48.5 Å². The van der Waals surface area contributed by atoms with Crippen molar-refractivity contribution in [2.24, 2.45) is 0 Å². The molecular weight excluding hydrogens is 401 g/mol. The van der Waals surface area contributed by atoms with Crippen LogP contribution in [0.25, 0.3) is 22.4 Å². The molecule has 4 aromatic rings. The van der Waals surface area contributed by atoms with Crippen molar-refractivity contribution in [2.45, 2.75) is 25.7 Å². The van der Waals surface area contributed by atoms with E-state index in [4.69, 9.17) is 9.72 Å². The fourth-order valence-corrected chi connectivity index (χ4v) is 5.15. The normalized spacial score (nSPS) is 13.2. The molecule has 0 unspecified atom stereocenters. The van der Waals surface area contributed by atoms with Gasteiger partial charge in [-0.25, -0.2) is 9.37 Å². The summed E-state index contributed by atoms with van der Waals surface area (Å²) < 4.78 is 19.1. The zero-order valence-corrected chi connectivity index (χ0v) is 17.0.